The number of aromatic nitrogens is 2. The third kappa shape index (κ3) is 4.79. The van der Waals surface area contributed by atoms with Crippen LogP contribution < -0.4 is 21.7 Å². The lowest BCUT2D eigenvalue weighted by atomic mass is 9.91. The number of benzene rings is 1. The predicted octanol–water partition coefficient (Wildman–Crippen LogP) is 4.29. The molecule has 0 amide bonds. The quantitative estimate of drug-likeness (QED) is 0.604. The first-order chi connectivity index (χ1) is 13.3. The normalized spacial score (nSPS) is 15.9. The van der Waals surface area contributed by atoms with Crippen LogP contribution in [0.2, 0.25) is 5.02 Å². The smallest absolute Gasteiger partial charge is 0.158 e. The highest BCUT2D eigenvalue weighted by Crippen LogP contribution is 2.39. The van der Waals surface area contributed by atoms with Gasteiger partial charge >= 0.3 is 0 Å². The fourth-order valence-electron chi connectivity index (χ4n) is 2.87. The second-order valence-electron chi connectivity index (χ2n) is 7.13. The van der Waals surface area contributed by atoms with Crippen molar-refractivity contribution >= 4 is 40.7 Å². The number of hydrogen-bond acceptors (Lipinski definition) is 7. The van der Waals surface area contributed by atoms with Crippen molar-refractivity contribution in [3.8, 4) is 0 Å². The minimum Gasteiger partial charge on any atom is -0.381 e. The Morgan fingerprint density at radius 2 is 2.11 bits per heavy atom. The molecule has 0 bridgehead atoms. The van der Waals surface area contributed by atoms with Crippen molar-refractivity contribution < 1.29 is 0 Å². The summed E-state index contributed by atoms with van der Waals surface area (Å²) in [6.45, 7) is 11.3. The molecule has 0 aliphatic carbocycles. The summed E-state index contributed by atoms with van der Waals surface area (Å²) in [6.07, 6.45) is 5.21. The molecule has 6 nitrogen and oxygen atoms in total. The molecule has 5 N–H and O–H groups in total. The van der Waals surface area contributed by atoms with Crippen LogP contribution in [0.3, 0.4) is 0 Å². The van der Waals surface area contributed by atoms with Gasteiger partial charge in [-0.2, -0.15) is 0 Å². The number of nitrogens with two attached hydrogens (primary N) is 2. The van der Waals surface area contributed by atoms with Crippen molar-refractivity contribution in [2.24, 2.45) is 5.73 Å². The van der Waals surface area contributed by atoms with Crippen LogP contribution in [0.15, 0.2) is 59.2 Å². The molecular weight excluding hydrogens is 392 g/mol. The van der Waals surface area contributed by atoms with E-state index < -0.39 is 0 Å². The van der Waals surface area contributed by atoms with Crippen LogP contribution >= 0.6 is 23.4 Å². The fourth-order valence-corrected chi connectivity index (χ4v) is 3.97. The minimum absolute atomic E-state index is 0.113. The van der Waals surface area contributed by atoms with Gasteiger partial charge in [0.2, 0.25) is 0 Å². The molecule has 28 heavy (non-hydrogen) atoms. The Labute approximate surface area is 175 Å². The second kappa shape index (κ2) is 8.43. The van der Waals surface area contributed by atoms with Crippen molar-refractivity contribution in [1.29, 1.82) is 0 Å². The molecule has 1 aromatic carbocycles. The first-order valence-electron chi connectivity index (χ1n) is 9.00. The first-order valence-corrected chi connectivity index (χ1v) is 10.2. The molecule has 3 rings (SSSR count). The molecule has 2 heterocycles. The van der Waals surface area contributed by atoms with E-state index in [-0.39, 0.29) is 5.54 Å². The maximum absolute atomic E-state index is 6.52. The Bertz CT molecular complexity index is 888. The van der Waals surface area contributed by atoms with Crippen LogP contribution in [0, 0.1) is 0 Å². The lowest BCUT2D eigenvalue weighted by Gasteiger charge is -2.37. The molecule has 1 fully saturated rings. The molecule has 1 saturated heterocycles. The van der Waals surface area contributed by atoms with E-state index in [1.54, 1.807) is 12.3 Å². The molecule has 0 saturated carbocycles. The zero-order chi connectivity index (χ0) is 20.3. The van der Waals surface area contributed by atoms with E-state index in [1.807, 2.05) is 18.2 Å². The van der Waals surface area contributed by atoms with Gasteiger partial charge in [-0.3, -0.25) is 0 Å². The summed E-state index contributed by atoms with van der Waals surface area (Å²) in [5.41, 5.74) is 13.7. The average Bonchev–Trinajstić information content (AvgIpc) is 2.66. The van der Waals surface area contributed by atoms with Crippen molar-refractivity contribution in [2.75, 3.05) is 29.0 Å². The molecule has 2 aromatic rings. The monoisotopic (exact) mass is 416 g/mol. The van der Waals surface area contributed by atoms with Gasteiger partial charge in [0.05, 0.1) is 16.9 Å². The summed E-state index contributed by atoms with van der Waals surface area (Å²) in [7, 11) is 0. The molecule has 0 atom stereocenters. The third-order valence-corrected chi connectivity index (χ3v) is 6.28. The Balaban J connectivity index is 1.76. The number of hydrogen-bond donors (Lipinski definition) is 3. The molecule has 1 aliphatic heterocycles. The topological polar surface area (TPSA) is 93.1 Å². The molecule has 1 aromatic heterocycles. The zero-order valence-electron chi connectivity index (χ0n) is 15.9. The maximum Gasteiger partial charge on any atom is 0.158 e. The van der Waals surface area contributed by atoms with Crippen LogP contribution in [-0.4, -0.2) is 28.6 Å². The van der Waals surface area contributed by atoms with Gasteiger partial charge in [0, 0.05) is 29.2 Å². The average molecular weight is 417 g/mol. The van der Waals surface area contributed by atoms with Gasteiger partial charge in [-0.1, -0.05) is 42.6 Å². The minimum atomic E-state index is -0.113. The van der Waals surface area contributed by atoms with Crippen molar-refractivity contribution in [1.82, 2.24) is 9.97 Å². The highest BCUT2D eigenvalue weighted by Gasteiger charge is 2.27. The summed E-state index contributed by atoms with van der Waals surface area (Å²) in [6, 6.07) is 5.69. The molecule has 0 spiro atoms. The Hall–Kier alpha value is -2.22. The Morgan fingerprint density at radius 3 is 2.75 bits per heavy atom. The zero-order valence-corrected chi connectivity index (χ0v) is 17.5. The van der Waals surface area contributed by atoms with Crippen molar-refractivity contribution in [2.45, 2.75) is 35.2 Å². The predicted molar refractivity (Wildman–Crippen MR) is 119 cm³/mol. The largest absolute Gasteiger partial charge is 0.381 e. The second-order valence-corrected chi connectivity index (χ2v) is 8.54. The van der Waals surface area contributed by atoms with E-state index in [0.717, 1.165) is 42.3 Å². The maximum atomic E-state index is 6.52. The number of nitrogen functional groups attached to an aromatic ring is 1. The highest BCUT2D eigenvalue weighted by molar-refractivity contribution is 7.99. The van der Waals surface area contributed by atoms with Gasteiger partial charge in [0.25, 0.3) is 0 Å². The number of nitrogens with zero attached hydrogens (tertiary/aromatic N) is 3. The van der Waals surface area contributed by atoms with E-state index >= 15 is 0 Å². The summed E-state index contributed by atoms with van der Waals surface area (Å²) in [5.74, 6) is 1.16. The van der Waals surface area contributed by atoms with Crippen LogP contribution in [0.25, 0.3) is 0 Å². The number of anilines is 3. The SMILES string of the molecule is C=CC(=C)Nc1cccc(Sc2ncc(N3CCC(C)(N)CC3)nc2N)c1Cl. The number of allylic oxidation sites excluding steroid dienone is 1. The van der Waals surface area contributed by atoms with Crippen molar-refractivity contribution in [3.63, 3.8) is 0 Å². The number of piperidine rings is 1. The Kier molecular flexibility index (Phi) is 6.17. The van der Waals surface area contributed by atoms with E-state index in [4.69, 9.17) is 23.1 Å². The van der Waals surface area contributed by atoms with E-state index in [2.05, 4.69) is 40.3 Å². The molecular formula is C20H25ClN6S. The van der Waals surface area contributed by atoms with Gasteiger partial charge in [0.15, 0.2) is 5.82 Å². The van der Waals surface area contributed by atoms with Gasteiger partial charge in [0.1, 0.15) is 10.8 Å². The molecule has 0 radical (unpaired) electrons. The van der Waals surface area contributed by atoms with Gasteiger partial charge in [-0.15, -0.1) is 0 Å². The summed E-state index contributed by atoms with van der Waals surface area (Å²) >= 11 is 7.90. The molecule has 1 aliphatic rings. The number of rotatable bonds is 6. The summed E-state index contributed by atoms with van der Waals surface area (Å²) < 4.78 is 0. The van der Waals surface area contributed by atoms with Crippen LogP contribution in [-0.2, 0) is 0 Å². The lowest BCUT2D eigenvalue weighted by Crippen LogP contribution is -2.48. The van der Waals surface area contributed by atoms with Crippen LogP contribution in [0.1, 0.15) is 19.8 Å². The van der Waals surface area contributed by atoms with Crippen LogP contribution in [0.5, 0.6) is 0 Å². The molecule has 148 valence electrons. The third-order valence-electron chi connectivity index (χ3n) is 4.69. The van der Waals surface area contributed by atoms with E-state index in [9.17, 15) is 0 Å². The highest BCUT2D eigenvalue weighted by atomic mass is 35.5. The summed E-state index contributed by atoms with van der Waals surface area (Å²) in [4.78, 5) is 12.1. The van der Waals surface area contributed by atoms with Gasteiger partial charge in [-0.05, 0) is 38.0 Å². The lowest BCUT2D eigenvalue weighted by molar-refractivity contribution is 0.363. The first kappa shape index (κ1) is 20.5. The number of nitrogens with one attached hydrogen (secondary N) is 1. The number of halogens is 1. The standard InChI is InChI=1S/C20H25ClN6S/c1-4-13(2)25-14-6-5-7-15(17(14)21)28-19-18(22)26-16(12-24-19)27-10-8-20(3,23)9-11-27/h4-7,12,25H,1-2,8-11,23H2,3H3,(H2,22,26). The Morgan fingerprint density at radius 1 is 1.39 bits per heavy atom. The van der Waals surface area contributed by atoms with Gasteiger partial charge < -0.3 is 21.7 Å². The van der Waals surface area contributed by atoms with E-state index in [0.29, 0.717) is 21.6 Å². The van der Waals surface area contributed by atoms with E-state index in [1.165, 1.54) is 11.8 Å². The molecule has 0 unspecified atom stereocenters. The van der Waals surface area contributed by atoms with Gasteiger partial charge in [-0.25, -0.2) is 9.97 Å². The summed E-state index contributed by atoms with van der Waals surface area (Å²) in [5, 5.41) is 4.30. The van der Waals surface area contributed by atoms with Crippen molar-refractivity contribution in [3.05, 3.63) is 54.3 Å². The van der Waals surface area contributed by atoms with Crippen LogP contribution in [0.4, 0.5) is 17.3 Å². The fraction of sp³-hybridized carbons (Fsp3) is 0.300. The molecule has 8 heteroatoms.